The maximum atomic E-state index is 9.16. The molecule has 1 N–H and O–H groups in total. The zero-order chi connectivity index (χ0) is 9.54. The summed E-state index contributed by atoms with van der Waals surface area (Å²) >= 11 is 0. The molecule has 3 aliphatic rings. The second-order valence-corrected chi connectivity index (χ2v) is 4.59. The third kappa shape index (κ3) is 1.30. The van der Waals surface area contributed by atoms with Crippen molar-refractivity contribution in [1.82, 2.24) is 4.90 Å². The highest BCUT2D eigenvalue weighted by molar-refractivity contribution is 5.26. The van der Waals surface area contributed by atoms with Crippen LogP contribution in [0.1, 0.15) is 18.4 Å². The van der Waals surface area contributed by atoms with Crippen LogP contribution in [0.3, 0.4) is 0 Å². The first-order chi connectivity index (χ1) is 6.81. The van der Waals surface area contributed by atoms with Crippen LogP contribution in [-0.4, -0.2) is 22.6 Å². The Hall–Kier alpha value is -1.02. The van der Waals surface area contributed by atoms with Gasteiger partial charge in [0, 0.05) is 19.1 Å². The number of hydrogen-bond donors (Lipinski definition) is 1. The molecule has 3 fully saturated rings. The SMILES string of the molecule is Oc1ccc(CN2CC3CC2C3)cc1. The number of benzene rings is 1. The van der Waals surface area contributed by atoms with E-state index in [1.165, 1.54) is 24.9 Å². The molecule has 2 bridgehead atoms. The van der Waals surface area contributed by atoms with Gasteiger partial charge in [0.05, 0.1) is 0 Å². The van der Waals surface area contributed by atoms with Crippen molar-refractivity contribution in [2.75, 3.05) is 6.54 Å². The van der Waals surface area contributed by atoms with Gasteiger partial charge in [-0.3, -0.25) is 4.90 Å². The summed E-state index contributed by atoms with van der Waals surface area (Å²) in [7, 11) is 0. The van der Waals surface area contributed by atoms with Gasteiger partial charge in [-0.15, -0.1) is 0 Å². The average Bonchev–Trinajstić information content (AvgIpc) is 2.66. The number of hydrogen-bond acceptors (Lipinski definition) is 2. The molecule has 4 rings (SSSR count). The van der Waals surface area contributed by atoms with Gasteiger partial charge in [-0.2, -0.15) is 0 Å². The van der Waals surface area contributed by atoms with E-state index in [9.17, 15) is 0 Å². The van der Waals surface area contributed by atoms with Crippen LogP contribution in [0.25, 0.3) is 0 Å². The van der Waals surface area contributed by atoms with Crippen LogP contribution < -0.4 is 0 Å². The fourth-order valence-corrected chi connectivity index (χ4v) is 2.66. The van der Waals surface area contributed by atoms with Crippen LogP contribution in [0.2, 0.25) is 0 Å². The van der Waals surface area contributed by atoms with Crippen LogP contribution in [0.15, 0.2) is 24.3 Å². The molecule has 0 amide bonds. The van der Waals surface area contributed by atoms with Crippen LogP contribution >= 0.6 is 0 Å². The molecule has 14 heavy (non-hydrogen) atoms. The molecule has 1 aromatic rings. The lowest BCUT2D eigenvalue weighted by molar-refractivity contribution is 0.240. The molecule has 0 aromatic heterocycles. The lowest BCUT2D eigenvalue weighted by Crippen LogP contribution is -2.28. The first-order valence-electron chi connectivity index (χ1n) is 5.33. The summed E-state index contributed by atoms with van der Waals surface area (Å²) in [4.78, 5) is 2.57. The van der Waals surface area contributed by atoms with E-state index in [0.29, 0.717) is 5.75 Å². The zero-order valence-electron chi connectivity index (χ0n) is 8.19. The Morgan fingerprint density at radius 3 is 2.50 bits per heavy atom. The van der Waals surface area contributed by atoms with Gasteiger partial charge in [-0.1, -0.05) is 12.1 Å². The highest BCUT2D eigenvalue weighted by Crippen LogP contribution is 2.41. The van der Waals surface area contributed by atoms with Gasteiger partial charge < -0.3 is 5.11 Å². The molecule has 2 aliphatic heterocycles. The lowest BCUT2D eigenvalue weighted by atomic mass is 9.86. The predicted molar refractivity (Wildman–Crippen MR) is 55.0 cm³/mol. The molecule has 1 saturated carbocycles. The van der Waals surface area contributed by atoms with Gasteiger partial charge in [-0.05, 0) is 36.5 Å². The normalized spacial score (nSPS) is 30.3. The van der Waals surface area contributed by atoms with E-state index in [4.69, 9.17) is 5.11 Å². The van der Waals surface area contributed by atoms with Gasteiger partial charge in [-0.25, -0.2) is 0 Å². The summed E-state index contributed by atoms with van der Waals surface area (Å²) in [5.41, 5.74) is 1.32. The van der Waals surface area contributed by atoms with Crippen molar-refractivity contribution < 1.29 is 5.11 Å². The topological polar surface area (TPSA) is 23.5 Å². The van der Waals surface area contributed by atoms with Crippen molar-refractivity contribution in [2.24, 2.45) is 5.92 Å². The van der Waals surface area contributed by atoms with Crippen molar-refractivity contribution >= 4 is 0 Å². The van der Waals surface area contributed by atoms with E-state index in [-0.39, 0.29) is 0 Å². The molecule has 1 aromatic carbocycles. The van der Waals surface area contributed by atoms with Crippen molar-refractivity contribution in [2.45, 2.75) is 25.4 Å². The Morgan fingerprint density at radius 2 is 1.93 bits per heavy atom. The second kappa shape index (κ2) is 2.99. The smallest absolute Gasteiger partial charge is 0.115 e. The fourth-order valence-electron chi connectivity index (χ4n) is 2.66. The van der Waals surface area contributed by atoms with Gasteiger partial charge in [0.1, 0.15) is 5.75 Å². The van der Waals surface area contributed by atoms with Gasteiger partial charge in [0.25, 0.3) is 0 Å². The Bertz CT molecular complexity index is 327. The number of nitrogens with zero attached hydrogens (tertiary/aromatic N) is 1. The van der Waals surface area contributed by atoms with Gasteiger partial charge in [0.15, 0.2) is 0 Å². The lowest BCUT2D eigenvalue weighted by Gasteiger charge is -2.25. The summed E-state index contributed by atoms with van der Waals surface area (Å²) in [6, 6.07) is 8.44. The molecule has 2 saturated heterocycles. The van der Waals surface area contributed by atoms with E-state index < -0.39 is 0 Å². The summed E-state index contributed by atoms with van der Waals surface area (Å²) in [5, 5.41) is 9.16. The monoisotopic (exact) mass is 189 g/mol. The third-order valence-corrected chi connectivity index (χ3v) is 3.54. The van der Waals surface area contributed by atoms with Gasteiger partial charge in [0.2, 0.25) is 0 Å². The van der Waals surface area contributed by atoms with Crippen molar-refractivity contribution in [3.63, 3.8) is 0 Å². The summed E-state index contributed by atoms with van der Waals surface area (Å²) in [5.74, 6) is 1.34. The largest absolute Gasteiger partial charge is 0.508 e. The first-order valence-corrected chi connectivity index (χ1v) is 5.33. The summed E-state index contributed by atoms with van der Waals surface area (Å²) < 4.78 is 0. The Labute approximate surface area is 84.2 Å². The minimum atomic E-state index is 0.361. The molecule has 1 aliphatic carbocycles. The highest BCUT2D eigenvalue weighted by Gasteiger charge is 2.42. The summed E-state index contributed by atoms with van der Waals surface area (Å²) in [6.45, 7) is 2.34. The van der Waals surface area contributed by atoms with Crippen molar-refractivity contribution in [3.05, 3.63) is 29.8 Å². The molecular formula is C12H15NO. The second-order valence-electron chi connectivity index (χ2n) is 4.59. The van der Waals surface area contributed by atoms with E-state index in [1.807, 2.05) is 12.1 Å². The molecule has 0 radical (unpaired) electrons. The Balaban J connectivity index is 1.69. The molecule has 2 nitrogen and oxygen atoms in total. The standard InChI is InChI=1S/C12H15NO/c14-12-3-1-9(2-4-12)7-13-8-10-5-11(13)6-10/h1-4,10-11,14H,5-8H2. The van der Waals surface area contributed by atoms with E-state index >= 15 is 0 Å². The predicted octanol–water partition coefficient (Wildman–Crippen LogP) is 1.99. The maximum Gasteiger partial charge on any atom is 0.115 e. The van der Waals surface area contributed by atoms with Crippen molar-refractivity contribution in [1.29, 1.82) is 0 Å². The third-order valence-electron chi connectivity index (χ3n) is 3.54. The fraction of sp³-hybridized carbons (Fsp3) is 0.500. The van der Waals surface area contributed by atoms with Crippen LogP contribution in [0, 0.1) is 5.92 Å². The minimum Gasteiger partial charge on any atom is -0.508 e. The molecule has 2 heterocycles. The maximum absolute atomic E-state index is 9.16. The summed E-state index contributed by atoms with van der Waals surface area (Å²) in [6.07, 6.45) is 2.83. The van der Waals surface area contributed by atoms with Gasteiger partial charge >= 0.3 is 0 Å². The molecule has 2 heteroatoms. The number of fused-ring (bicyclic) bond motifs is 1. The average molecular weight is 189 g/mol. The molecule has 0 atom stereocenters. The molecular weight excluding hydrogens is 174 g/mol. The number of phenols is 1. The minimum absolute atomic E-state index is 0.361. The Kier molecular flexibility index (Phi) is 1.77. The highest BCUT2D eigenvalue weighted by atomic mass is 16.3. The van der Waals surface area contributed by atoms with Crippen LogP contribution in [0.5, 0.6) is 5.75 Å². The van der Waals surface area contributed by atoms with Crippen LogP contribution in [0.4, 0.5) is 0 Å². The number of rotatable bonds is 2. The van der Waals surface area contributed by atoms with E-state index in [2.05, 4.69) is 4.90 Å². The van der Waals surface area contributed by atoms with Crippen LogP contribution in [-0.2, 0) is 6.54 Å². The number of aromatic hydroxyl groups is 1. The number of phenolic OH excluding ortho intramolecular Hbond substituents is 1. The van der Waals surface area contributed by atoms with Crippen molar-refractivity contribution in [3.8, 4) is 5.75 Å². The van der Waals surface area contributed by atoms with E-state index in [0.717, 1.165) is 18.5 Å². The quantitative estimate of drug-likeness (QED) is 0.769. The molecule has 0 spiro atoms. The molecule has 74 valence electrons. The Morgan fingerprint density at radius 1 is 1.21 bits per heavy atom. The first kappa shape index (κ1) is 8.30. The van der Waals surface area contributed by atoms with E-state index in [1.54, 1.807) is 12.1 Å². The molecule has 0 unspecified atom stereocenters. The zero-order valence-corrected chi connectivity index (χ0v) is 8.19.